The van der Waals surface area contributed by atoms with Crippen molar-refractivity contribution in [1.29, 1.82) is 0 Å². The molecular formula is C17H21N3O. The van der Waals surface area contributed by atoms with Crippen molar-refractivity contribution in [2.24, 2.45) is 0 Å². The van der Waals surface area contributed by atoms with E-state index in [4.69, 9.17) is 0 Å². The SMILES string of the molecule is O=C(NCCN1CCCCC1)c1cccc2cccnc12. The van der Waals surface area contributed by atoms with Gasteiger partial charge in [-0.1, -0.05) is 24.6 Å². The Bertz CT molecular complexity index is 615. The average molecular weight is 283 g/mol. The van der Waals surface area contributed by atoms with Gasteiger partial charge in [-0.25, -0.2) is 0 Å². The molecule has 1 N–H and O–H groups in total. The van der Waals surface area contributed by atoms with Crippen molar-refractivity contribution >= 4 is 16.8 Å². The summed E-state index contributed by atoms with van der Waals surface area (Å²) >= 11 is 0. The zero-order valence-electron chi connectivity index (χ0n) is 12.2. The minimum Gasteiger partial charge on any atom is -0.351 e. The molecule has 1 aromatic heterocycles. The third-order valence-electron chi connectivity index (χ3n) is 4.04. The quantitative estimate of drug-likeness (QED) is 0.937. The van der Waals surface area contributed by atoms with Crippen LogP contribution in [0.15, 0.2) is 36.5 Å². The highest BCUT2D eigenvalue weighted by atomic mass is 16.1. The van der Waals surface area contributed by atoms with Gasteiger partial charge >= 0.3 is 0 Å². The topological polar surface area (TPSA) is 45.2 Å². The Morgan fingerprint density at radius 2 is 1.95 bits per heavy atom. The maximum atomic E-state index is 12.3. The van der Waals surface area contributed by atoms with Gasteiger partial charge < -0.3 is 10.2 Å². The van der Waals surface area contributed by atoms with Gasteiger partial charge in [0, 0.05) is 24.7 Å². The summed E-state index contributed by atoms with van der Waals surface area (Å²) in [6, 6.07) is 9.59. The molecule has 21 heavy (non-hydrogen) atoms. The summed E-state index contributed by atoms with van der Waals surface area (Å²) < 4.78 is 0. The van der Waals surface area contributed by atoms with Gasteiger partial charge in [0.15, 0.2) is 0 Å². The third-order valence-corrected chi connectivity index (χ3v) is 4.04. The number of piperidine rings is 1. The monoisotopic (exact) mass is 283 g/mol. The van der Waals surface area contributed by atoms with Gasteiger partial charge in [0.05, 0.1) is 11.1 Å². The Kier molecular flexibility index (Phi) is 4.46. The summed E-state index contributed by atoms with van der Waals surface area (Å²) in [5.41, 5.74) is 1.43. The molecule has 0 spiro atoms. The predicted molar refractivity (Wildman–Crippen MR) is 84.4 cm³/mol. The zero-order valence-corrected chi connectivity index (χ0v) is 12.2. The Morgan fingerprint density at radius 3 is 2.81 bits per heavy atom. The van der Waals surface area contributed by atoms with Crippen LogP contribution in [0.5, 0.6) is 0 Å². The van der Waals surface area contributed by atoms with Crippen molar-refractivity contribution in [2.75, 3.05) is 26.2 Å². The lowest BCUT2D eigenvalue weighted by molar-refractivity contribution is 0.0948. The molecule has 1 saturated heterocycles. The van der Waals surface area contributed by atoms with Gasteiger partial charge in [-0.15, -0.1) is 0 Å². The fourth-order valence-electron chi connectivity index (χ4n) is 2.89. The number of fused-ring (bicyclic) bond motifs is 1. The van der Waals surface area contributed by atoms with E-state index >= 15 is 0 Å². The van der Waals surface area contributed by atoms with Crippen LogP contribution >= 0.6 is 0 Å². The molecule has 0 unspecified atom stereocenters. The highest BCUT2D eigenvalue weighted by Crippen LogP contribution is 2.15. The van der Waals surface area contributed by atoms with Gasteiger partial charge in [0.25, 0.3) is 5.91 Å². The van der Waals surface area contributed by atoms with E-state index in [-0.39, 0.29) is 5.91 Å². The van der Waals surface area contributed by atoms with Crippen LogP contribution in [0.25, 0.3) is 10.9 Å². The summed E-state index contributed by atoms with van der Waals surface area (Å²) in [5.74, 6) is -0.0312. The molecule has 0 atom stereocenters. The number of nitrogens with one attached hydrogen (secondary N) is 1. The molecule has 1 aromatic carbocycles. The van der Waals surface area contributed by atoms with Gasteiger partial charge in [-0.3, -0.25) is 9.78 Å². The van der Waals surface area contributed by atoms with Crippen LogP contribution in [-0.2, 0) is 0 Å². The normalized spacial score (nSPS) is 16.0. The first-order chi connectivity index (χ1) is 10.3. The standard InChI is InChI=1S/C17H21N3O/c21-17(19-10-13-20-11-2-1-3-12-20)15-8-4-6-14-7-5-9-18-16(14)15/h4-9H,1-3,10-13H2,(H,19,21). The van der Waals surface area contributed by atoms with Gasteiger partial charge in [-0.05, 0) is 38.1 Å². The van der Waals surface area contributed by atoms with E-state index in [1.807, 2.05) is 30.3 Å². The van der Waals surface area contributed by atoms with E-state index in [0.29, 0.717) is 12.1 Å². The Hall–Kier alpha value is -1.94. The Labute approximate surface area is 125 Å². The van der Waals surface area contributed by atoms with Gasteiger partial charge in [-0.2, -0.15) is 0 Å². The first-order valence-corrected chi connectivity index (χ1v) is 7.69. The van der Waals surface area contributed by atoms with Crippen molar-refractivity contribution < 1.29 is 4.79 Å². The molecule has 4 nitrogen and oxygen atoms in total. The number of aromatic nitrogens is 1. The maximum absolute atomic E-state index is 12.3. The number of hydrogen-bond acceptors (Lipinski definition) is 3. The van der Waals surface area contributed by atoms with Crippen LogP contribution in [0.4, 0.5) is 0 Å². The van der Waals surface area contributed by atoms with Crippen molar-refractivity contribution in [1.82, 2.24) is 15.2 Å². The fourth-order valence-corrected chi connectivity index (χ4v) is 2.89. The molecule has 1 fully saturated rings. The lowest BCUT2D eigenvalue weighted by Gasteiger charge is -2.26. The smallest absolute Gasteiger partial charge is 0.253 e. The number of carbonyl (C=O) groups excluding carboxylic acids is 1. The van der Waals surface area contributed by atoms with E-state index < -0.39 is 0 Å². The minimum atomic E-state index is -0.0312. The second-order valence-corrected chi connectivity index (χ2v) is 5.54. The summed E-state index contributed by atoms with van der Waals surface area (Å²) in [6.07, 6.45) is 5.62. The van der Waals surface area contributed by atoms with E-state index in [2.05, 4.69) is 15.2 Å². The van der Waals surface area contributed by atoms with E-state index in [0.717, 1.165) is 30.5 Å². The van der Waals surface area contributed by atoms with Crippen LogP contribution in [0.3, 0.4) is 0 Å². The first kappa shape index (κ1) is 14.0. The zero-order chi connectivity index (χ0) is 14.5. The number of nitrogens with zero attached hydrogens (tertiary/aromatic N) is 2. The molecule has 1 aliphatic heterocycles. The molecular weight excluding hydrogens is 262 g/mol. The number of amides is 1. The lowest BCUT2D eigenvalue weighted by atomic mass is 10.1. The summed E-state index contributed by atoms with van der Waals surface area (Å²) in [5, 5.41) is 4.02. The van der Waals surface area contributed by atoms with Crippen molar-refractivity contribution in [3.8, 4) is 0 Å². The summed E-state index contributed by atoms with van der Waals surface area (Å²) in [7, 11) is 0. The molecule has 2 aromatic rings. The molecule has 110 valence electrons. The van der Waals surface area contributed by atoms with Crippen molar-refractivity contribution in [3.05, 3.63) is 42.1 Å². The third kappa shape index (κ3) is 3.39. The fraction of sp³-hybridized carbons (Fsp3) is 0.412. The molecule has 0 aliphatic carbocycles. The Morgan fingerprint density at radius 1 is 1.14 bits per heavy atom. The number of pyridine rings is 1. The molecule has 3 rings (SSSR count). The highest BCUT2D eigenvalue weighted by Gasteiger charge is 2.12. The number of benzene rings is 1. The summed E-state index contributed by atoms with van der Waals surface area (Å²) in [4.78, 5) is 19.1. The highest BCUT2D eigenvalue weighted by molar-refractivity contribution is 6.05. The number of carbonyl (C=O) groups is 1. The van der Waals surface area contributed by atoms with Crippen molar-refractivity contribution in [2.45, 2.75) is 19.3 Å². The van der Waals surface area contributed by atoms with Crippen LogP contribution in [0, 0.1) is 0 Å². The molecule has 2 heterocycles. The second-order valence-electron chi connectivity index (χ2n) is 5.54. The van der Waals surface area contributed by atoms with E-state index in [9.17, 15) is 4.79 Å². The number of para-hydroxylation sites is 1. The van der Waals surface area contributed by atoms with Gasteiger partial charge in [0.2, 0.25) is 0 Å². The largest absolute Gasteiger partial charge is 0.351 e. The molecule has 4 heteroatoms. The van der Waals surface area contributed by atoms with Crippen LogP contribution in [0.2, 0.25) is 0 Å². The van der Waals surface area contributed by atoms with Crippen LogP contribution in [-0.4, -0.2) is 42.0 Å². The molecule has 0 saturated carbocycles. The first-order valence-electron chi connectivity index (χ1n) is 7.69. The number of rotatable bonds is 4. The average Bonchev–Trinajstić information content (AvgIpc) is 2.55. The lowest BCUT2D eigenvalue weighted by Crippen LogP contribution is -2.37. The van der Waals surface area contributed by atoms with Crippen molar-refractivity contribution in [3.63, 3.8) is 0 Å². The maximum Gasteiger partial charge on any atom is 0.253 e. The minimum absolute atomic E-state index is 0.0312. The van der Waals surface area contributed by atoms with E-state index in [1.165, 1.54) is 19.3 Å². The van der Waals surface area contributed by atoms with Crippen LogP contribution < -0.4 is 5.32 Å². The van der Waals surface area contributed by atoms with Gasteiger partial charge in [0.1, 0.15) is 0 Å². The van der Waals surface area contributed by atoms with E-state index in [1.54, 1.807) is 6.20 Å². The molecule has 1 amide bonds. The Balaban J connectivity index is 1.61. The molecule has 1 aliphatic rings. The predicted octanol–water partition coefficient (Wildman–Crippen LogP) is 2.45. The summed E-state index contributed by atoms with van der Waals surface area (Å²) in [6.45, 7) is 3.95. The number of likely N-dealkylation sites (tertiary alicyclic amines) is 1. The number of hydrogen-bond donors (Lipinski definition) is 1. The molecule has 0 bridgehead atoms. The second kappa shape index (κ2) is 6.68. The van der Waals surface area contributed by atoms with Crippen LogP contribution in [0.1, 0.15) is 29.6 Å². The molecule has 0 radical (unpaired) electrons.